The highest BCUT2D eigenvalue weighted by atomic mass is 32.2. The predicted octanol–water partition coefficient (Wildman–Crippen LogP) is 4.14. The number of carbonyl (C=O) groups is 1. The minimum absolute atomic E-state index is 0.148. The van der Waals surface area contributed by atoms with Crippen molar-refractivity contribution < 1.29 is 27.4 Å². The van der Waals surface area contributed by atoms with Gasteiger partial charge in [0.25, 0.3) is 15.9 Å². The average molecular weight is 525 g/mol. The Labute approximate surface area is 218 Å². The summed E-state index contributed by atoms with van der Waals surface area (Å²) in [5.74, 6) is 1.20. The van der Waals surface area contributed by atoms with E-state index in [0.717, 1.165) is 5.56 Å². The molecule has 1 aliphatic heterocycles. The van der Waals surface area contributed by atoms with Gasteiger partial charge in [-0.1, -0.05) is 51.1 Å². The van der Waals surface area contributed by atoms with E-state index in [0.29, 0.717) is 22.9 Å². The minimum atomic E-state index is -3.94. The number of hydrogen-bond acceptors (Lipinski definition) is 6. The number of carbonyl (C=O) groups excluding carboxylic acids is 1. The number of nitrogens with zero attached hydrogens (tertiary/aromatic N) is 1. The van der Waals surface area contributed by atoms with Crippen molar-refractivity contribution in [2.24, 2.45) is 0 Å². The fraction of sp³-hybridized carbons (Fsp3) is 0.321. The first kappa shape index (κ1) is 26.3. The van der Waals surface area contributed by atoms with Gasteiger partial charge in [-0.05, 0) is 47.4 Å². The van der Waals surface area contributed by atoms with E-state index in [-0.39, 0.29) is 30.0 Å². The molecule has 0 aliphatic carbocycles. The first-order valence-electron chi connectivity index (χ1n) is 12.0. The van der Waals surface area contributed by atoms with Gasteiger partial charge in [0.2, 0.25) is 0 Å². The number of fused-ring (bicyclic) bond motifs is 1. The second-order valence-electron chi connectivity index (χ2n) is 9.71. The zero-order chi connectivity index (χ0) is 26.6. The van der Waals surface area contributed by atoms with Crippen molar-refractivity contribution in [1.82, 2.24) is 5.32 Å². The first-order chi connectivity index (χ1) is 17.6. The van der Waals surface area contributed by atoms with Gasteiger partial charge in [0.1, 0.15) is 23.9 Å². The fourth-order valence-corrected chi connectivity index (χ4v) is 5.44. The molecule has 0 radical (unpaired) electrons. The molecule has 1 amide bonds. The number of ether oxygens (including phenoxy) is 3. The van der Waals surface area contributed by atoms with Gasteiger partial charge in [0.15, 0.2) is 6.10 Å². The third-order valence-electron chi connectivity index (χ3n) is 6.03. The molecule has 0 aromatic heterocycles. The largest absolute Gasteiger partial charge is 0.497 e. The minimum Gasteiger partial charge on any atom is -0.497 e. The van der Waals surface area contributed by atoms with Crippen LogP contribution in [0, 0.1) is 0 Å². The zero-order valence-electron chi connectivity index (χ0n) is 21.4. The van der Waals surface area contributed by atoms with Crippen LogP contribution < -0.4 is 23.8 Å². The van der Waals surface area contributed by atoms with Crippen molar-refractivity contribution in [3.63, 3.8) is 0 Å². The summed E-state index contributed by atoms with van der Waals surface area (Å²) in [6.45, 7) is 6.45. The Bertz CT molecular complexity index is 1350. The molecule has 0 bridgehead atoms. The second kappa shape index (κ2) is 10.7. The lowest BCUT2D eigenvalue weighted by molar-refractivity contribution is -0.127. The maximum absolute atomic E-state index is 13.7. The van der Waals surface area contributed by atoms with Gasteiger partial charge >= 0.3 is 0 Å². The van der Waals surface area contributed by atoms with E-state index in [9.17, 15) is 13.2 Å². The molecule has 1 atom stereocenters. The smallest absolute Gasteiger partial charge is 0.264 e. The Morgan fingerprint density at radius 2 is 1.76 bits per heavy atom. The molecule has 0 saturated heterocycles. The summed E-state index contributed by atoms with van der Waals surface area (Å²) in [4.78, 5) is 13.2. The van der Waals surface area contributed by atoms with Gasteiger partial charge in [-0.3, -0.25) is 9.10 Å². The van der Waals surface area contributed by atoms with Gasteiger partial charge in [-0.15, -0.1) is 0 Å². The summed E-state index contributed by atoms with van der Waals surface area (Å²) >= 11 is 0. The normalized spacial score (nSPS) is 15.4. The average Bonchev–Trinajstić information content (AvgIpc) is 2.90. The van der Waals surface area contributed by atoms with E-state index in [1.807, 2.05) is 24.3 Å². The van der Waals surface area contributed by atoms with E-state index >= 15 is 0 Å². The maximum atomic E-state index is 13.7. The molecule has 37 heavy (non-hydrogen) atoms. The Morgan fingerprint density at radius 3 is 2.46 bits per heavy atom. The van der Waals surface area contributed by atoms with Crippen molar-refractivity contribution in [2.75, 3.05) is 31.1 Å². The van der Waals surface area contributed by atoms with Crippen LogP contribution >= 0.6 is 0 Å². The van der Waals surface area contributed by atoms with Gasteiger partial charge in [-0.2, -0.15) is 0 Å². The Morgan fingerprint density at radius 1 is 1.03 bits per heavy atom. The van der Waals surface area contributed by atoms with E-state index in [1.54, 1.807) is 55.6 Å². The summed E-state index contributed by atoms with van der Waals surface area (Å²) in [7, 11) is -2.36. The highest BCUT2D eigenvalue weighted by Gasteiger charge is 2.38. The number of amides is 1. The lowest BCUT2D eigenvalue weighted by Gasteiger charge is -2.36. The second-order valence-corrected chi connectivity index (χ2v) is 11.6. The summed E-state index contributed by atoms with van der Waals surface area (Å²) in [5, 5.41) is 2.79. The summed E-state index contributed by atoms with van der Waals surface area (Å²) in [6.07, 6.45) is -1.02. The molecule has 9 heteroatoms. The number of methoxy groups -OCH3 is 1. The molecule has 196 valence electrons. The molecule has 0 saturated carbocycles. The van der Waals surface area contributed by atoms with Gasteiger partial charge in [-0.25, -0.2) is 8.42 Å². The highest BCUT2D eigenvalue weighted by molar-refractivity contribution is 7.92. The molecular weight excluding hydrogens is 492 g/mol. The van der Waals surface area contributed by atoms with Crippen LogP contribution in [-0.2, 0) is 20.2 Å². The van der Waals surface area contributed by atoms with Crippen LogP contribution in [0.25, 0.3) is 0 Å². The Kier molecular flexibility index (Phi) is 7.63. The molecule has 0 unspecified atom stereocenters. The molecule has 1 aliphatic rings. The molecule has 3 aromatic rings. The lowest BCUT2D eigenvalue weighted by atomic mass is 9.86. The molecule has 1 heterocycles. The number of nitrogens with one attached hydrogen (secondary N) is 1. The van der Waals surface area contributed by atoms with Crippen LogP contribution in [0.2, 0.25) is 0 Å². The summed E-state index contributed by atoms with van der Waals surface area (Å²) < 4.78 is 45.4. The standard InChI is InChI=1S/C28H32N2O6S/c1-28(2,3)20-13-14-25-24(17-20)30(37(32,33)23-11-6-5-7-12-23)19-26(36-25)27(31)29-15-16-35-22-10-8-9-21(18-22)34-4/h5-14,17-18,26H,15-16,19H2,1-4H3,(H,29,31)/t26-/m0/s1. The van der Waals surface area contributed by atoms with Crippen molar-refractivity contribution in [3.8, 4) is 17.2 Å². The maximum Gasteiger partial charge on any atom is 0.264 e. The Balaban J connectivity index is 1.52. The van der Waals surface area contributed by atoms with E-state index in [2.05, 4.69) is 26.1 Å². The van der Waals surface area contributed by atoms with Crippen LogP contribution in [0.4, 0.5) is 5.69 Å². The topological polar surface area (TPSA) is 94.2 Å². The predicted molar refractivity (Wildman–Crippen MR) is 142 cm³/mol. The quantitative estimate of drug-likeness (QED) is 0.445. The van der Waals surface area contributed by atoms with E-state index in [1.165, 1.54) is 4.31 Å². The number of rotatable bonds is 8. The molecule has 0 fully saturated rings. The van der Waals surface area contributed by atoms with Gasteiger partial charge in [0.05, 0.1) is 30.8 Å². The lowest BCUT2D eigenvalue weighted by Crippen LogP contribution is -2.51. The third-order valence-corrected chi connectivity index (χ3v) is 7.82. The third kappa shape index (κ3) is 5.99. The molecule has 3 aromatic carbocycles. The fourth-order valence-electron chi connectivity index (χ4n) is 3.95. The van der Waals surface area contributed by atoms with Crippen molar-refractivity contribution in [2.45, 2.75) is 37.2 Å². The van der Waals surface area contributed by atoms with Crippen LogP contribution in [0.15, 0.2) is 77.7 Å². The molecule has 8 nitrogen and oxygen atoms in total. The highest BCUT2D eigenvalue weighted by Crippen LogP contribution is 2.40. The van der Waals surface area contributed by atoms with Crippen molar-refractivity contribution >= 4 is 21.6 Å². The molecule has 1 N–H and O–H groups in total. The molecule has 0 spiro atoms. The number of hydrogen-bond donors (Lipinski definition) is 1. The summed E-state index contributed by atoms with van der Waals surface area (Å²) in [6, 6.07) is 20.8. The van der Waals surface area contributed by atoms with Gasteiger partial charge < -0.3 is 19.5 Å². The number of benzene rings is 3. The van der Waals surface area contributed by atoms with Crippen LogP contribution in [-0.4, -0.2) is 47.2 Å². The molecule has 4 rings (SSSR count). The van der Waals surface area contributed by atoms with Crippen LogP contribution in [0.5, 0.6) is 17.2 Å². The van der Waals surface area contributed by atoms with Crippen LogP contribution in [0.3, 0.4) is 0 Å². The van der Waals surface area contributed by atoms with Crippen molar-refractivity contribution in [1.29, 1.82) is 0 Å². The van der Waals surface area contributed by atoms with Gasteiger partial charge in [0, 0.05) is 6.07 Å². The van der Waals surface area contributed by atoms with Crippen LogP contribution in [0.1, 0.15) is 26.3 Å². The zero-order valence-corrected chi connectivity index (χ0v) is 22.2. The number of sulfonamides is 1. The number of anilines is 1. The monoisotopic (exact) mass is 524 g/mol. The first-order valence-corrected chi connectivity index (χ1v) is 13.5. The van der Waals surface area contributed by atoms with E-state index < -0.39 is 22.0 Å². The Hall–Kier alpha value is -3.72. The van der Waals surface area contributed by atoms with Crippen molar-refractivity contribution in [3.05, 3.63) is 78.4 Å². The van der Waals surface area contributed by atoms with E-state index in [4.69, 9.17) is 14.2 Å². The summed E-state index contributed by atoms with van der Waals surface area (Å²) in [5.41, 5.74) is 1.18. The molecular formula is C28H32N2O6S. The SMILES string of the molecule is COc1cccc(OCCNC(=O)[C@@H]2CN(S(=O)(=O)c3ccccc3)c3cc(C(C)(C)C)ccc3O2)c1.